The van der Waals surface area contributed by atoms with Crippen LogP contribution < -0.4 is 10.1 Å². The fourth-order valence-corrected chi connectivity index (χ4v) is 7.33. The second-order valence-corrected chi connectivity index (χ2v) is 12.6. The lowest BCUT2D eigenvalue weighted by molar-refractivity contribution is -0.124. The molecule has 2 saturated heterocycles. The minimum absolute atomic E-state index is 0.0917. The lowest BCUT2D eigenvalue weighted by atomic mass is 10.2. The van der Waals surface area contributed by atoms with E-state index in [1.807, 2.05) is 0 Å². The molecule has 2 aliphatic heterocycles. The molecule has 2 aromatic carbocycles. The van der Waals surface area contributed by atoms with Crippen molar-refractivity contribution in [2.45, 2.75) is 28.7 Å². The Morgan fingerprint density at radius 3 is 2.22 bits per heavy atom. The van der Waals surface area contributed by atoms with E-state index in [-0.39, 0.29) is 35.4 Å². The molecular weight excluding hydrogens is 530 g/mol. The zero-order valence-electron chi connectivity index (χ0n) is 19.5. The molecule has 36 heavy (non-hydrogen) atoms. The molecule has 13 heteroatoms. The summed E-state index contributed by atoms with van der Waals surface area (Å²) in [5, 5.41) is 3.16. The number of rotatable bonds is 9. The molecule has 1 N–H and O–H groups in total. The van der Waals surface area contributed by atoms with Crippen molar-refractivity contribution in [2.75, 3.05) is 46.0 Å². The number of sulfonamides is 2. The maximum absolute atomic E-state index is 13.0. The summed E-state index contributed by atoms with van der Waals surface area (Å²) in [5.74, 6) is 0.0681. The van der Waals surface area contributed by atoms with Crippen molar-refractivity contribution in [3.63, 3.8) is 0 Å². The van der Waals surface area contributed by atoms with E-state index in [1.165, 1.54) is 45.0 Å². The Labute approximate surface area is 216 Å². The molecule has 1 unspecified atom stereocenters. The molecule has 1 atom stereocenters. The molecule has 2 aromatic rings. The molecule has 1 amide bonds. The van der Waals surface area contributed by atoms with Crippen LogP contribution in [-0.4, -0.2) is 83.4 Å². The lowest BCUT2D eigenvalue weighted by Crippen LogP contribution is -2.46. The van der Waals surface area contributed by atoms with Gasteiger partial charge in [-0.2, -0.15) is 8.61 Å². The number of ether oxygens (including phenoxy) is 2. The van der Waals surface area contributed by atoms with Gasteiger partial charge in [0.2, 0.25) is 26.0 Å². The fraction of sp³-hybridized carbons (Fsp3) is 0.435. The van der Waals surface area contributed by atoms with Gasteiger partial charge in [-0.05, 0) is 61.4 Å². The Morgan fingerprint density at radius 2 is 1.56 bits per heavy atom. The Balaban J connectivity index is 1.28. The van der Waals surface area contributed by atoms with Crippen LogP contribution in [-0.2, 0) is 29.6 Å². The number of nitrogens with zero attached hydrogens (tertiary/aromatic N) is 2. The van der Waals surface area contributed by atoms with E-state index in [4.69, 9.17) is 21.1 Å². The summed E-state index contributed by atoms with van der Waals surface area (Å²) in [5.41, 5.74) is 0. The molecule has 0 saturated carbocycles. The predicted molar refractivity (Wildman–Crippen MR) is 133 cm³/mol. The summed E-state index contributed by atoms with van der Waals surface area (Å²) in [7, 11) is -7.41. The van der Waals surface area contributed by atoms with E-state index in [2.05, 4.69) is 5.32 Å². The molecular formula is C23H28ClN3O7S2. The van der Waals surface area contributed by atoms with E-state index in [0.29, 0.717) is 49.9 Å². The van der Waals surface area contributed by atoms with Crippen molar-refractivity contribution < 1.29 is 31.1 Å². The molecule has 0 spiro atoms. The van der Waals surface area contributed by atoms with Gasteiger partial charge in [0.15, 0.2) is 0 Å². The van der Waals surface area contributed by atoms with Gasteiger partial charge in [-0.25, -0.2) is 16.8 Å². The normalized spacial score (nSPS) is 19.8. The van der Waals surface area contributed by atoms with Crippen LogP contribution in [0.25, 0.3) is 0 Å². The topological polar surface area (TPSA) is 122 Å². The van der Waals surface area contributed by atoms with Gasteiger partial charge in [0.05, 0.1) is 29.5 Å². The van der Waals surface area contributed by atoms with Crippen molar-refractivity contribution in [2.24, 2.45) is 0 Å². The highest BCUT2D eigenvalue weighted by molar-refractivity contribution is 7.89. The average molecular weight is 558 g/mol. The van der Waals surface area contributed by atoms with Gasteiger partial charge < -0.3 is 14.8 Å². The second-order valence-electron chi connectivity index (χ2n) is 8.36. The SMILES string of the molecule is O=C(NCCOc1ccc(S(=O)(=O)N2CCOCC2)cc1)C1CCCN1S(=O)(=O)c1ccc(Cl)cc1. The minimum atomic E-state index is -3.82. The lowest BCUT2D eigenvalue weighted by Gasteiger charge is -2.26. The number of morpholine rings is 1. The number of halogens is 1. The zero-order chi connectivity index (χ0) is 25.8. The highest BCUT2D eigenvalue weighted by Crippen LogP contribution is 2.27. The molecule has 0 radical (unpaired) electrons. The summed E-state index contributed by atoms with van der Waals surface area (Å²) in [6, 6.07) is 11.2. The summed E-state index contributed by atoms with van der Waals surface area (Å²) in [6.07, 6.45) is 1.01. The minimum Gasteiger partial charge on any atom is -0.492 e. The fourth-order valence-electron chi connectivity index (χ4n) is 4.14. The van der Waals surface area contributed by atoms with Gasteiger partial charge in [0, 0.05) is 24.7 Å². The summed E-state index contributed by atoms with van der Waals surface area (Å²) < 4.78 is 64.8. The number of hydrogen-bond acceptors (Lipinski definition) is 7. The van der Waals surface area contributed by atoms with Crippen molar-refractivity contribution in [1.82, 2.24) is 13.9 Å². The van der Waals surface area contributed by atoms with E-state index < -0.39 is 26.1 Å². The van der Waals surface area contributed by atoms with Crippen LogP contribution in [0.15, 0.2) is 58.3 Å². The van der Waals surface area contributed by atoms with Crippen LogP contribution in [0.5, 0.6) is 5.75 Å². The quantitative estimate of drug-likeness (QED) is 0.466. The van der Waals surface area contributed by atoms with Crippen LogP contribution in [0.4, 0.5) is 0 Å². The molecule has 0 aliphatic carbocycles. The smallest absolute Gasteiger partial charge is 0.243 e. The predicted octanol–water partition coefficient (Wildman–Crippen LogP) is 1.71. The summed E-state index contributed by atoms with van der Waals surface area (Å²) in [6.45, 7) is 1.95. The third kappa shape index (κ3) is 6.01. The molecule has 196 valence electrons. The number of benzene rings is 2. The van der Waals surface area contributed by atoms with E-state index in [0.717, 1.165) is 0 Å². The Kier molecular flexibility index (Phi) is 8.53. The number of carbonyl (C=O) groups excluding carboxylic acids is 1. The molecule has 2 fully saturated rings. The molecule has 2 aliphatic rings. The molecule has 2 heterocycles. The van der Waals surface area contributed by atoms with Gasteiger partial charge in [-0.1, -0.05) is 11.6 Å². The monoisotopic (exact) mass is 557 g/mol. The van der Waals surface area contributed by atoms with Crippen molar-refractivity contribution >= 4 is 37.6 Å². The Morgan fingerprint density at radius 1 is 0.944 bits per heavy atom. The first kappa shape index (κ1) is 26.8. The van der Waals surface area contributed by atoms with E-state index in [9.17, 15) is 21.6 Å². The van der Waals surface area contributed by atoms with Crippen LogP contribution in [0.1, 0.15) is 12.8 Å². The third-order valence-electron chi connectivity index (χ3n) is 6.03. The highest BCUT2D eigenvalue weighted by atomic mass is 35.5. The average Bonchev–Trinajstić information content (AvgIpc) is 3.39. The van der Waals surface area contributed by atoms with Crippen molar-refractivity contribution in [3.05, 3.63) is 53.6 Å². The molecule has 0 bridgehead atoms. The third-order valence-corrected chi connectivity index (χ3v) is 10.1. The van der Waals surface area contributed by atoms with Gasteiger partial charge in [-0.15, -0.1) is 0 Å². The van der Waals surface area contributed by atoms with Crippen LogP contribution in [0, 0.1) is 0 Å². The van der Waals surface area contributed by atoms with Gasteiger partial charge in [0.1, 0.15) is 18.4 Å². The van der Waals surface area contributed by atoms with E-state index >= 15 is 0 Å². The second kappa shape index (κ2) is 11.4. The first-order valence-corrected chi connectivity index (χ1v) is 14.8. The van der Waals surface area contributed by atoms with Crippen molar-refractivity contribution in [1.29, 1.82) is 0 Å². The highest BCUT2D eigenvalue weighted by Gasteiger charge is 2.39. The summed E-state index contributed by atoms with van der Waals surface area (Å²) in [4.78, 5) is 13.0. The van der Waals surface area contributed by atoms with Gasteiger partial charge >= 0.3 is 0 Å². The van der Waals surface area contributed by atoms with Crippen LogP contribution >= 0.6 is 11.6 Å². The maximum atomic E-state index is 13.0. The van der Waals surface area contributed by atoms with Gasteiger partial charge in [-0.3, -0.25) is 4.79 Å². The van der Waals surface area contributed by atoms with Crippen LogP contribution in [0.3, 0.4) is 0 Å². The van der Waals surface area contributed by atoms with Gasteiger partial charge in [0.25, 0.3) is 0 Å². The van der Waals surface area contributed by atoms with Crippen molar-refractivity contribution in [3.8, 4) is 5.75 Å². The molecule has 0 aromatic heterocycles. The molecule has 10 nitrogen and oxygen atoms in total. The largest absolute Gasteiger partial charge is 0.492 e. The maximum Gasteiger partial charge on any atom is 0.243 e. The number of nitrogens with one attached hydrogen (secondary N) is 1. The van der Waals surface area contributed by atoms with E-state index in [1.54, 1.807) is 12.1 Å². The summed E-state index contributed by atoms with van der Waals surface area (Å²) >= 11 is 5.86. The Bertz CT molecular complexity index is 1260. The molecule has 4 rings (SSSR count). The van der Waals surface area contributed by atoms with Crippen LogP contribution in [0.2, 0.25) is 5.02 Å². The number of hydrogen-bond donors (Lipinski definition) is 1. The first-order valence-electron chi connectivity index (χ1n) is 11.6. The Hall–Kier alpha value is -2.22. The first-order chi connectivity index (χ1) is 17.2. The standard InChI is InChI=1S/C23H28ClN3O7S2/c24-18-3-7-21(8-4-18)36(31,32)27-12-1-2-22(27)23(28)25-11-15-34-19-5-9-20(10-6-19)35(29,30)26-13-16-33-17-14-26/h3-10,22H,1-2,11-17H2,(H,25,28). The number of amides is 1. The zero-order valence-corrected chi connectivity index (χ0v) is 21.9. The number of carbonyl (C=O) groups is 1.